The summed E-state index contributed by atoms with van der Waals surface area (Å²) in [6, 6.07) is 12.3. The second-order valence-electron chi connectivity index (χ2n) is 6.44. The lowest BCUT2D eigenvalue weighted by atomic mass is 10.1. The first kappa shape index (κ1) is 19.3. The molecule has 1 atom stereocenters. The normalized spacial score (nSPS) is 11.6. The number of imidazole rings is 1. The Kier molecular flexibility index (Phi) is 5.84. The molecule has 7 heteroatoms. The standard InChI is InChI=1S/C21H24N4O3/c1-14-6-5-7-16(10-14)23-21(26)24-19(20-22-8-9-25(20)2)15-11-17(27-3)13-18(12-15)28-4/h5-13,19H,1-4H3,(H2,23,24,26). The van der Waals surface area contributed by atoms with Crippen molar-refractivity contribution in [3.8, 4) is 11.5 Å². The number of rotatable bonds is 6. The number of ether oxygens (including phenoxy) is 2. The molecule has 1 aromatic heterocycles. The number of aromatic nitrogens is 2. The number of hydrogen-bond acceptors (Lipinski definition) is 4. The highest BCUT2D eigenvalue weighted by atomic mass is 16.5. The van der Waals surface area contributed by atoms with Gasteiger partial charge in [-0.25, -0.2) is 9.78 Å². The van der Waals surface area contributed by atoms with Gasteiger partial charge in [-0.2, -0.15) is 0 Å². The molecule has 0 spiro atoms. The van der Waals surface area contributed by atoms with Crippen LogP contribution in [0.1, 0.15) is 23.0 Å². The van der Waals surface area contributed by atoms with Crippen molar-refractivity contribution >= 4 is 11.7 Å². The van der Waals surface area contributed by atoms with E-state index in [1.165, 1.54) is 0 Å². The van der Waals surface area contributed by atoms with Crippen molar-refractivity contribution in [1.82, 2.24) is 14.9 Å². The summed E-state index contributed by atoms with van der Waals surface area (Å²) >= 11 is 0. The zero-order chi connectivity index (χ0) is 20.1. The molecule has 2 amide bonds. The molecule has 1 heterocycles. The van der Waals surface area contributed by atoms with Crippen molar-refractivity contribution in [2.45, 2.75) is 13.0 Å². The number of carbonyl (C=O) groups is 1. The van der Waals surface area contributed by atoms with E-state index in [1.54, 1.807) is 26.5 Å². The Morgan fingerprint density at radius 1 is 1.11 bits per heavy atom. The molecule has 1 unspecified atom stereocenters. The van der Waals surface area contributed by atoms with E-state index in [2.05, 4.69) is 15.6 Å². The fourth-order valence-electron chi connectivity index (χ4n) is 2.97. The van der Waals surface area contributed by atoms with Gasteiger partial charge in [0.25, 0.3) is 0 Å². The second-order valence-corrected chi connectivity index (χ2v) is 6.44. The lowest BCUT2D eigenvalue weighted by Gasteiger charge is -2.21. The van der Waals surface area contributed by atoms with Gasteiger partial charge in [-0.15, -0.1) is 0 Å². The molecule has 0 saturated carbocycles. The number of urea groups is 1. The Morgan fingerprint density at radius 2 is 1.82 bits per heavy atom. The van der Waals surface area contributed by atoms with Gasteiger partial charge in [0.2, 0.25) is 0 Å². The smallest absolute Gasteiger partial charge is 0.320 e. The minimum absolute atomic E-state index is 0.333. The van der Waals surface area contributed by atoms with Crippen LogP contribution >= 0.6 is 0 Å². The van der Waals surface area contributed by atoms with Crippen LogP contribution in [0.4, 0.5) is 10.5 Å². The van der Waals surface area contributed by atoms with Crippen LogP contribution in [0.25, 0.3) is 0 Å². The van der Waals surface area contributed by atoms with Crippen molar-refractivity contribution in [3.05, 3.63) is 71.8 Å². The zero-order valence-corrected chi connectivity index (χ0v) is 16.4. The highest BCUT2D eigenvalue weighted by molar-refractivity contribution is 5.89. The van der Waals surface area contributed by atoms with Crippen LogP contribution in [0.3, 0.4) is 0 Å². The van der Waals surface area contributed by atoms with Gasteiger partial charge in [-0.3, -0.25) is 0 Å². The average Bonchev–Trinajstić information content (AvgIpc) is 3.11. The van der Waals surface area contributed by atoms with Crippen LogP contribution < -0.4 is 20.1 Å². The molecule has 2 aromatic carbocycles. The molecule has 0 aliphatic carbocycles. The van der Waals surface area contributed by atoms with Crippen LogP contribution in [0.5, 0.6) is 11.5 Å². The van der Waals surface area contributed by atoms with Gasteiger partial charge in [0.1, 0.15) is 23.4 Å². The number of nitrogens with one attached hydrogen (secondary N) is 2. The Hall–Kier alpha value is -3.48. The fraction of sp³-hybridized carbons (Fsp3) is 0.238. The van der Waals surface area contributed by atoms with Crippen molar-refractivity contribution in [3.63, 3.8) is 0 Å². The lowest BCUT2D eigenvalue weighted by molar-refractivity contribution is 0.249. The van der Waals surface area contributed by atoms with E-state index in [0.717, 1.165) is 16.8 Å². The average molecular weight is 380 g/mol. The first-order valence-corrected chi connectivity index (χ1v) is 8.84. The van der Waals surface area contributed by atoms with E-state index < -0.39 is 6.04 Å². The maximum atomic E-state index is 12.7. The van der Waals surface area contributed by atoms with Gasteiger partial charge in [0.15, 0.2) is 0 Å². The van der Waals surface area contributed by atoms with Crippen LogP contribution in [0.2, 0.25) is 0 Å². The summed E-state index contributed by atoms with van der Waals surface area (Å²) in [5.74, 6) is 1.96. The minimum Gasteiger partial charge on any atom is -0.497 e. The zero-order valence-electron chi connectivity index (χ0n) is 16.4. The van der Waals surface area contributed by atoms with Gasteiger partial charge in [-0.1, -0.05) is 12.1 Å². The third-order valence-electron chi connectivity index (χ3n) is 4.38. The third kappa shape index (κ3) is 4.43. The van der Waals surface area contributed by atoms with Crippen LogP contribution in [0, 0.1) is 6.92 Å². The number of methoxy groups -OCH3 is 2. The second kappa shape index (κ2) is 8.47. The molecule has 28 heavy (non-hydrogen) atoms. The SMILES string of the molecule is COc1cc(OC)cc(C(NC(=O)Nc2cccc(C)c2)c2nccn2C)c1. The Bertz CT molecular complexity index is 946. The summed E-state index contributed by atoms with van der Waals surface area (Å²) in [6.07, 6.45) is 3.53. The number of benzene rings is 2. The molecule has 7 nitrogen and oxygen atoms in total. The summed E-state index contributed by atoms with van der Waals surface area (Å²) in [7, 11) is 5.06. The van der Waals surface area contributed by atoms with Crippen LogP contribution in [-0.4, -0.2) is 29.8 Å². The van der Waals surface area contributed by atoms with E-state index in [1.807, 2.05) is 61.1 Å². The number of nitrogens with zero attached hydrogens (tertiary/aromatic N) is 2. The van der Waals surface area contributed by atoms with Gasteiger partial charge in [0.05, 0.1) is 14.2 Å². The molecular formula is C21H24N4O3. The molecule has 2 N–H and O–H groups in total. The van der Waals surface area contributed by atoms with Crippen LogP contribution in [0.15, 0.2) is 54.9 Å². The molecule has 0 fully saturated rings. The van der Waals surface area contributed by atoms with Crippen molar-refractivity contribution < 1.29 is 14.3 Å². The first-order chi connectivity index (χ1) is 13.5. The molecule has 0 saturated heterocycles. The number of amides is 2. The van der Waals surface area contributed by atoms with Gasteiger partial charge in [0, 0.05) is 31.2 Å². The topological polar surface area (TPSA) is 77.4 Å². The lowest BCUT2D eigenvalue weighted by Crippen LogP contribution is -2.34. The molecule has 3 rings (SSSR count). The van der Waals surface area contributed by atoms with Crippen molar-refractivity contribution in [2.24, 2.45) is 7.05 Å². The quantitative estimate of drug-likeness (QED) is 0.684. The minimum atomic E-state index is -0.492. The molecule has 3 aromatic rings. The number of aryl methyl sites for hydroxylation is 2. The van der Waals surface area contributed by atoms with E-state index >= 15 is 0 Å². The van der Waals surface area contributed by atoms with Gasteiger partial charge >= 0.3 is 6.03 Å². The van der Waals surface area contributed by atoms with E-state index in [-0.39, 0.29) is 6.03 Å². The summed E-state index contributed by atoms with van der Waals surface area (Å²) in [4.78, 5) is 17.1. The summed E-state index contributed by atoms with van der Waals surface area (Å²) in [6.45, 7) is 1.97. The predicted molar refractivity (Wildman–Crippen MR) is 108 cm³/mol. The van der Waals surface area contributed by atoms with E-state index in [0.29, 0.717) is 17.3 Å². The number of hydrogen-bond donors (Lipinski definition) is 2. The summed E-state index contributed by atoms with van der Waals surface area (Å²) in [5, 5.41) is 5.87. The number of carbonyl (C=O) groups excluding carboxylic acids is 1. The molecule has 0 aliphatic heterocycles. The summed E-state index contributed by atoms with van der Waals surface area (Å²) < 4.78 is 12.6. The molecule has 0 aliphatic rings. The van der Waals surface area contributed by atoms with Crippen molar-refractivity contribution in [1.29, 1.82) is 0 Å². The highest BCUT2D eigenvalue weighted by Crippen LogP contribution is 2.29. The van der Waals surface area contributed by atoms with Gasteiger partial charge in [-0.05, 0) is 42.3 Å². The van der Waals surface area contributed by atoms with Gasteiger partial charge < -0.3 is 24.7 Å². The number of anilines is 1. The Labute approximate surface area is 164 Å². The Morgan fingerprint density at radius 3 is 2.39 bits per heavy atom. The van der Waals surface area contributed by atoms with Crippen LogP contribution in [-0.2, 0) is 7.05 Å². The largest absolute Gasteiger partial charge is 0.497 e. The van der Waals surface area contributed by atoms with E-state index in [9.17, 15) is 4.79 Å². The fourth-order valence-corrected chi connectivity index (χ4v) is 2.97. The Balaban J connectivity index is 1.92. The predicted octanol–water partition coefficient (Wildman–Crippen LogP) is 3.66. The molecule has 146 valence electrons. The maximum absolute atomic E-state index is 12.7. The van der Waals surface area contributed by atoms with E-state index in [4.69, 9.17) is 9.47 Å². The summed E-state index contributed by atoms with van der Waals surface area (Å²) in [5.41, 5.74) is 2.58. The third-order valence-corrected chi connectivity index (χ3v) is 4.38. The first-order valence-electron chi connectivity index (χ1n) is 8.84. The molecular weight excluding hydrogens is 356 g/mol. The van der Waals surface area contributed by atoms with Crippen molar-refractivity contribution in [2.75, 3.05) is 19.5 Å². The molecule has 0 radical (unpaired) electrons. The maximum Gasteiger partial charge on any atom is 0.320 e. The monoisotopic (exact) mass is 380 g/mol. The molecule has 0 bridgehead atoms. The highest BCUT2D eigenvalue weighted by Gasteiger charge is 2.22.